The van der Waals surface area contributed by atoms with E-state index in [1.165, 1.54) is 11.8 Å². The van der Waals surface area contributed by atoms with E-state index in [0.29, 0.717) is 0 Å². The number of thiol groups is 1. The Morgan fingerprint density at radius 1 is 1.41 bits per heavy atom. The Labute approximate surface area is 113 Å². The van der Waals surface area contributed by atoms with Crippen molar-refractivity contribution in [3.63, 3.8) is 0 Å². The largest absolute Gasteiger partial charge is 0.331 e. The lowest BCUT2D eigenvalue weighted by Crippen LogP contribution is -2.57. The molecular formula is C12H21NO2S2. The van der Waals surface area contributed by atoms with Crippen molar-refractivity contribution in [1.82, 2.24) is 4.90 Å². The number of carbonyl (C=O) groups excluding carboxylic acids is 2. The molecule has 0 saturated carbocycles. The molecule has 1 fully saturated rings. The van der Waals surface area contributed by atoms with E-state index in [1.807, 2.05) is 20.8 Å². The Balaban J connectivity index is 2.46. The molecule has 1 unspecified atom stereocenters. The first-order chi connectivity index (χ1) is 7.88. The van der Waals surface area contributed by atoms with Gasteiger partial charge < -0.3 is 4.90 Å². The highest BCUT2D eigenvalue weighted by atomic mass is 32.2. The van der Waals surface area contributed by atoms with Crippen molar-refractivity contribution in [2.24, 2.45) is 5.41 Å². The van der Waals surface area contributed by atoms with Gasteiger partial charge in [-0.1, -0.05) is 32.5 Å². The summed E-state index contributed by atoms with van der Waals surface area (Å²) in [5, 5.41) is 0.135. The molecule has 98 valence electrons. The van der Waals surface area contributed by atoms with Gasteiger partial charge >= 0.3 is 0 Å². The van der Waals surface area contributed by atoms with Crippen LogP contribution in [0, 0.1) is 5.41 Å². The molecule has 1 atom stereocenters. The Kier molecular flexibility index (Phi) is 5.38. The molecule has 0 spiro atoms. The molecule has 3 nitrogen and oxygen atoms in total. The molecule has 1 saturated heterocycles. The van der Waals surface area contributed by atoms with Gasteiger partial charge in [0.05, 0.1) is 0 Å². The highest BCUT2D eigenvalue weighted by Gasteiger charge is 2.41. The van der Waals surface area contributed by atoms with Crippen LogP contribution in [-0.2, 0) is 9.59 Å². The summed E-state index contributed by atoms with van der Waals surface area (Å²) in [6, 6.07) is -0.188. The predicted molar refractivity (Wildman–Crippen MR) is 75.5 cm³/mol. The Morgan fingerprint density at radius 2 is 2.06 bits per heavy atom. The van der Waals surface area contributed by atoms with Gasteiger partial charge in [0.2, 0.25) is 11.0 Å². The number of rotatable bonds is 4. The molecule has 0 aromatic carbocycles. The van der Waals surface area contributed by atoms with E-state index in [1.54, 1.807) is 4.90 Å². The average Bonchev–Trinajstić information content (AvgIpc) is 2.14. The SMILES string of the molecule is CC(C)(C)C(=O)N1CCC1C(=O)SCCCS. The highest BCUT2D eigenvalue weighted by molar-refractivity contribution is 8.13. The summed E-state index contributed by atoms with van der Waals surface area (Å²) in [5.74, 6) is 1.68. The number of likely N-dealkylation sites (tertiary alicyclic amines) is 1. The van der Waals surface area contributed by atoms with Crippen LogP contribution in [0.5, 0.6) is 0 Å². The van der Waals surface area contributed by atoms with Gasteiger partial charge in [0.25, 0.3) is 0 Å². The molecule has 0 aliphatic carbocycles. The van der Waals surface area contributed by atoms with Crippen LogP contribution in [-0.4, -0.2) is 40.0 Å². The fourth-order valence-electron chi connectivity index (χ4n) is 1.64. The Bertz CT molecular complexity index is 299. The van der Waals surface area contributed by atoms with Crippen molar-refractivity contribution < 1.29 is 9.59 Å². The van der Waals surface area contributed by atoms with Crippen LogP contribution in [0.4, 0.5) is 0 Å². The smallest absolute Gasteiger partial charge is 0.228 e. The van der Waals surface area contributed by atoms with Gasteiger partial charge in [-0.3, -0.25) is 9.59 Å². The summed E-state index contributed by atoms with van der Waals surface area (Å²) in [6.07, 6.45) is 1.74. The maximum Gasteiger partial charge on any atom is 0.228 e. The number of hydrogen-bond acceptors (Lipinski definition) is 4. The first-order valence-corrected chi connectivity index (χ1v) is 7.58. The molecule has 1 amide bonds. The third kappa shape index (κ3) is 3.91. The minimum atomic E-state index is -0.394. The third-order valence-electron chi connectivity index (χ3n) is 2.74. The van der Waals surface area contributed by atoms with Crippen molar-refractivity contribution in [2.45, 2.75) is 39.7 Å². The molecule has 1 aliphatic rings. The van der Waals surface area contributed by atoms with Crippen molar-refractivity contribution in [1.29, 1.82) is 0 Å². The topological polar surface area (TPSA) is 37.4 Å². The van der Waals surface area contributed by atoms with Crippen molar-refractivity contribution >= 4 is 35.4 Å². The molecule has 0 aromatic rings. The lowest BCUT2D eigenvalue weighted by Gasteiger charge is -2.42. The summed E-state index contributed by atoms with van der Waals surface area (Å²) in [7, 11) is 0. The average molecular weight is 275 g/mol. The van der Waals surface area contributed by atoms with Gasteiger partial charge in [-0.15, -0.1) is 0 Å². The lowest BCUT2D eigenvalue weighted by molar-refractivity contribution is -0.150. The maximum absolute atomic E-state index is 12.0. The number of carbonyl (C=O) groups is 2. The van der Waals surface area contributed by atoms with E-state index in [4.69, 9.17) is 0 Å². The normalized spacial score (nSPS) is 20.0. The van der Waals surface area contributed by atoms with E-state index < -0.39 is 5.41 Å². The molecule has 17 heavy (non-hydrogen) atoms. The van der Waals surface area contributed by atoms with Crippen LogP contribution in [0.1, 0.15) is 33.6 Å². The minimum Gasteiger partial charge on any atom is -0.331 e. The molecule has 1 aliphatic heterocycles. The van der Waals surface area contributed by atoms with E-state index in [9.17, 15) is 9.59 Å². The van der Waals surface area contributed by atoms with Gasteiger partial charge in [0.15, 0.2) is 0 Å². The first kappa shape index (κ1) is 14.9. The summed E-state index contributed by atoms with van der Waals surface area (Å²) in [5.41, 5.74) is -0.394. The molecular weight excluding hydrogens is 254 g/mol. The van der Waals surface area contributed by atoms with Gasteiger partial charge in [0.1, 0.15) is 6.04 Å². The van der Waals surface area contributed by atoms with Crippen LogP contribution >= 0.6 is 24.4 Å². The van der Waals surface area contributed by atoms with Crippen molar-refractivity contribution in [3.8, 4) is 0 Å². The summed E-state index contributed by atoms with van der Waals surface area (Å²) >= 11 is 5.45. The second kappa shape index (κ2) is 6.14. The van der Waals surface area contributed by atoms with E-state index >= 15 is 0 Å². The standard InChI is InChI=1S/C12H21NO2S2/c1-12(2,3)11(15)13-6-5-9(13)10(14)17-8-4-7-16/h9,16H,4-8H2,1-3H3. The molecule has 5 heteroatoms. The highest BCUT2D eigenvalue weighted by Crippen LogP contribution is 2.29. The maximum atomic E-state index is 12.0. The van der Waals surface area contributed by atoms with E-state index in [-0.39, 0.29) is 17.1 Å². The minimum absolute atomic E-state index is 0.0805. The third-order valence-corrected chi connectivity index (χ3v) is 4.11. The fraction of sp³-hybridized carbons (Fsp3) is 0.833. The second-order valence-corrected chi connectivity index (χ2v) is 6.84. The monoisotopic (exact) mass is 275 g/mol. The van der Waals surface area contributed by atoms with Crippen LogP contribution in [0.2, 0.25) is 0 Å². The van der Waals surface area contributed by atoms with Crippen molar-refractivity contribution in [3.05, 3.63) is 0 Å². The zero-order valence-electron chi connectivity index (χ0n) is 10.7. The van der Waals surface area contributed by atoms with Gasteiger partial charge in [-0.2, -0.15) is 12.6 Å². The molecule has 0 radical (unpaired) electrons. The molecule has 0 N–H and O–H groups in total. The zero-order valence-corrected chi connectivity index (χ0v) is 12.4. The van der Waals surface area contributed by atoms with Crippen LogP contribution < -0.4 is 0 Å². The molecule has 1 heterocycles. The number of amides is 1. The summed E-state index contributed by atoms with van der Waals surface area (Å²) in [6.45, 7) is 6.40. The van der Waals surface area contributed by atoms with Gasteiger partial charge in [-0.05, 0) is 18.6 Å². The van der Waals surface area contributed by atoms with Crippen LogP contribution in [0.15, 0.2) is 0 Å². The van der Waals surface area contributed by atoms with E-state index in [0.717, 1.165) is 30.9 Å². The molecule has 0 aromatic heterocycles. The van der Waals surface area contributed by atoms with Gasteiger partial charge in [-0.25, -0.2) is 0 Å². The van der Waals surface area contributed by atoms with Crippen LogP contribution in [0.25, 0.3) is 0 Å². The fourth-order valence-corrected chi connectivity index (χ4v) is 2.94. The number of nitrogens with zero attached hydrogens (tertiary/aromatic N) is 1. The summed E-state index contributed by atoms with van der Waals surface area (Å²) in [4.78, 5) is 25.6. The summed E-state index contributed by atoms with van der Waals surface area (Å²) < 4.78 is 0. The van der Waals surface area contributed by atoms with Crippen LogP contribution in [0.3, 0.4) is 0 Å². The van der Waals surface area contributed by atoms with Crippen molar-refractivity contribution in [2.75, 3.05) is 18.1 Å². The Morgan fingerprint density at radius 3 is 2.47 bits per heavy atom. The number of hydrogen-bond donors (Lipinski definition) is 1. The quantitative estimate of drug-likeness (QED) is 0.631. The van der Waals surface area contributed by atoms with Gasteiger partial charge in [0, 0.05) is 17.7 Å². The first-order valence-electron chi connectivity index (χ1n) is 5.96. The van der Waals surface area contributed by atoms with E-state index in [2.05, 4.69) is 12.6 Å². The Hall–Kier alpha value is -0.160. The second-order valence-electron chi connectivity index (χ2n) is 5.30. The number of thioether (sulfide) groups is 1. The molecule has 0 bridgehead atoms. The lowest BCUT2D eigenvalue weighted by atomic mass is 9.91. The molecule has 1 rings (SSSR count). The predicted octanol–water partition coefficient (Wildman–Crippen LogP) is 2.21. The zero-order chi connectivity index (χ0) is 13.1.